The number of oxime groups is 1. The molecule has 0 saturated carbocycles. The average Bonchev–Trinajstić information content (AvgIpc) is 3.17. The number of halogens is 1. The molecule has 1 aliphatic rings. The van der Waals surface area contributed by atoms with Gasteiger partial charge in [0.1, 0.15) is 5.82 Å². The van der Waals surface area contributed by atoms with E-state index < -0.39 is 11.9 Å². The van der Waals surface area contributed by atoms with Gasteiger partial charge in [0.25, 0.3) is 5.91 Å². The maximum atomic E-state index is 14.0. The van der Waals surface area contributed by atoms with Crippen molar-refractivity contribution in [2.45, 2.75) is 39.0 Å². The fourth-order valence-corrected chi connectivity index (χ4v) is 3.12. The Morgan fingerprint density at radius 3 is 2.55 bits per heavy atom. The van der Waals surface area contributed by atoms with Gasteiger partial charge >= 0.3 is 0 Å². The second-order valence-corrected chi connectivity index (χ2v) is 7.22. The Morgan fingerprint density at radius 1 is 1.17 bits per heavy atom. The zero-order valence-electron chi connectivity index (χ0n) is 16.5. The molecule has 0 radical (unpaired) electrons. The third-order valence-corrected chi connectivity index (χ3v) is 4.44. The quantitative estimate of drug-likeness (QED) is 0.781. The first-order chi connectivity index (χ1) is 13.9. The Kier molecular flexibility index (Phi) is 6.59. The van der Waals surface area contributed by atoms with Gasteiger partial charge in [-0.3, -0.25) is 9.59 Å². The summed E-state index contributed by atoms with van der Waals surface area (Å²) >= 11 is 0. The highest BCUT2D eigenvalue weighted by molar-refractivity contribution is 6.04. The van der Waals surface area contributed by atoms with E-state index in [1.165, 1.54) is 11.0 Å². The van der Waals surface area contributed by atoms with Crippen molar-refractivity contribution in [2.75, 3.05) is 6.54 Å². The average molecular weight is 397 g/mol. The Hall–Kier alpha value is -3.22. The van der Waals surface area contributed by atoms with E-state index in [1.54, 1.807) is 18.2 Å². The Morgan fingerprint density at radius 2 is 1.86 bits per heavy atom. The van der Waals surface area contributed by atoms with Crippen LogP contribution >= 0.6 is 0 Å². The van der Waals surface area contributed by atoms with Crippen LogP contribution in [0.15, 0.2) is 59.8 Å². The van der Waals surface area contributed by atoms with Crippen molar-refractivity contribution in [3.05, 3.63) is 71.5 Å². The molecule has 0 aromatic heterocycles. The standard InChI is InChI=1S/C22H24FN3O3/c1-15(2)24-21(27)14-26(13-16-8-4-3-5-9-16)22(28)20-12-19(25-29-20)17-10-6-7-11-18(17)23/h3-11,15,20H,12-14H2,1-2H3,(H,24,27). The Bertz CT molecular complexity index is 899. The van der Waals surface area contributed by atoms with Crippen molar-refractivity contribution in [3.8, 4) is 0 Å². The lowest BCUT2D eigenvalue weighted by molar-refractivity contribution is -0.145. The van der Waals surface area contributed by atoms with Gasteiger partial charge in [-0.1, -0.05) is 53.7 Å². The third kappa shape index (κ3) is 5.40. The molecule has 6 nitrogen and oxygen atoms in total. The van der Waals surface area contributed by atoms with E-state index in [0.717, 1.165) is 5.56 Å². The van der Waals surface area contributed by atoms with Gasteiger partial charge in [0.05, 0.1) is 12.3 Å². The minimum Gasteiger partial charge on any atom is -0.382 e. The highest BCUT2D eigenvalue weighted by atomic mass is 19.1. The zero-order valence-corrected chi connectivity index (χ0v) is 16.5. The molecule has 0 saturated heterocycles. The summed E-state index contributed by atoms with van der Waals surface area (Å²) in [5, 5.41) is 6.71. The molecular weight excluding hydrogens is 373 g/mol. The smallest absolute Gasteiger partial charge is 0.267 e. The van der Waals surface area contributed by atoms with Crippen molar-refractivity contribution in [2.24, 2.45) is 5.16 Å². The highest BCUT2D eigenvalue weighted by Gasteiger charge is 2.34. The SMILES string of the molecule is CC(C)NC(=O)CN(Cc1ccccc1)C(=O)C1CC(c2ccccc2F)=NO1. The first-order valence-electron chi connectivity index (χ1n) is 9.53. The summed E-state index contributed by atoms with van der Waals surface area (Å²) in [7, 11) is 0. The summed E-state index contributed by atoms with van der Waals surface area (Å²) in [6, 6.07) is 15.6. The van der Waals surface area contributed by atoms with E-state index in [0.29, 0.717) is 11.3 Å². The molecule has 1 unspecified atom stereocenters. The predicted molar refractivity (Wildman–Crippen MR) is 108 cm³/mol. The molecule has 1 heterocycles. The number of hydrogen-bond donors (Lipinski definition) is 1. The van der Waals surface area contributed by atoms with Crippen molar-refractivity contribution < 1.29 is 18.8 Å². The molecule has 3 rings (SSSR count). The Balaban J connectivity index is 1.72. The number of amides is 2. The van der Waals surface area contributed by atoms with Crippen LogP contribution in [0, 0.1) is 5.82 Å². The molecule has 2 aromatic rings. The summed E-state index contributed by atoms with van der Waals surface area (Å²) in [5.74, 6) is -1.03. The number of nitrogens with zero attached hydrogens (tertiary/aromatic N) is 2. The predicted octanol–water partition coefficient (Wildman–Crippen LogP) is 2.87. The van der Waals surface area contributed by atoms with Gasteiger partial charge in [-0.05, 0) is 25.5 Å². The van der Waals surface area contributed by atoms with Crippen LogP contribution in [0.2, 0.25) is 0 Å². The van der Waals surface area contributed by atoms with Gasteiger partial charge < -0.3 is 15.1 Å². The molecule has 1 aliphatic heterocycles. The van der Waals surface area contributed by atoms with Crippen LogP contribution in [0.3, 0.4) is 0 Å². The van der Waals surface area contributed by atoms with Gasteiger partial charge in [0.2, 0.25) is 12.0 Å². The van der Waals surface area contributed by atoms with Crippen LogP contribution in [-0.2, 0) is 21.0 Å². The van der Waals surface area contributed by atoms with Crippen molar-refractivity contribution in [3.63, 3.8) is 0 Å². The summed E-state index contributed by atoms with van der Waals surface area (Å²) in [5.41, 5.74) is 1.59. The van der Waals surface area contributed by atoms with E-state index in [9.17, 15) is 14.0 Å². The number of nitrogens with one attached hydrogen (secondary N) is 1. The van der Waals surface area contributed by atoms with E-state index in [-0.39, 0.29) is 37.4 Å². The lowest BCUT2D eigenvalue weighted by atomic mass is 10.0. The zero-order chi connectivity index (χ0) is 20.8. The molecule has 29 heavy (non-hydrogen) atoms. The van der Waals surface area contributed by atoms with E-state index in [4.69, 9.17) is 4.84 Å². The minimum absolute atomic E-state index is 0.0325. The number of benzene rings is 2. The third-order valence-electron chi connectivity index (χ3n) is 4.44. The summed E-state index contributed by atoms with van der Waals surface area (Å²) in [6.45, 7) is 3.88. The van der Waals surface area contributed by atoms with E-state index in [1.807, 2.05) is 44.2 Å². The molecule has 152 valence electrons. The van der Waals surface area contributed by atoms with Crippen LogP contribution in [0.1, 0.15) is 31.4 Å². The molecule has 2 aromatic carbocycles. The monoisotopic (exact) mass is 397 g/mol. The normalized spacial score (nSPS) is 15.6. The molecule has 0 aliphatic carbocycles. The lowest BCUT2D eigenvalue weighted by Crippen LogP contribution is -2.46. The minimum atomic E-state index is -0.889. The van der Waals surface area contributed by atoms with Gasteiger partial charge in [0, 0.05) is 24.6 Å². The molecule has 0 bridgehead atoms. The van der Waals surface area contributed by atoms with Crippen molar-refractivity contribution in [1.82, 2.24) is 10.2 Å². The Labute approximate surface area is 169 Å². The topological polar surface area (TPSA) is 71.0 Å². The molecule has 2 amide bonds. The molecule has 7 heteroatoms. The number of carbonyl (C=O) groups excluding carboxylic acids is 2. The summed E-state index contributed by atoms with van der Waals surface area (Å²) in [6.07, 6.45) is -0.739. The van der Waals surface area contributed by atoms with E-state index in [2.05, 4.69) is 10.5 Å². The fourth-order valence-electron chi connectivity index (χ4n) is 3.12. The fraction of sp³-hybridized carbons (Fsp3) is 0.318. The molecule has 0 fully saturated rings. The van der Waals surface area contributed by atoms with Crippen LogP contribution in [-0.4, -0.2) is 41.1 Å². The molecule has 1 N–H and O–H groups in total. The molecule has 0 spiro atoms. The van der Waals surface area contributed by atoms with Gasteiger partial charge in [0.15, 0.2) is 0 Å². The van der Waals surface area contributed by atoms with Gasteiger partial charge in [-0.2, -0.15) is 0 Å². The van der Waals surface area contributed by atoms with Crippen LogP contribution < -0.4 is 5.32 Å². The maximum absolute atomic E-state index is 14.0. The largest absolute Gasteiger partial charge is 0.382 e. The van der Waals surface area contributed by atoms with Crippen LogP contribution in [0.4, 0.5) is 4.39 Å². The second-order valence-electron chi connectivity index (χ2n) is 7.22. The number of hydrogen-bond acceptors (Lipinski definition) is 4. The van der Waals surface area contributed by atoms with Gasteiger partial charge in [-0.25, -0.2) is 4.39 Å². The summed E-state index contributed by atoms with van der Waals surface area (Å²) < 4.78 is 14.0. The van der Waals surface area contributed by atoms with Gasteiger partial charge in [-0.15, -0.1) is 0 Å². The highest BCUT2D eigenvalue weighted by Crippen LogP contribution is 2.21. The first kappa shape index (κ1) is 20.5. The summed E-state index contributed by atoms with van der Waals surface area (Å²) in [4.78, 5) is 32.1. The van der Waals surface area contributed by atoms with Crippen LogP contribution in [0.5, 0.6) is 0 Å². The molecular formula is C22H24FN3O3. The lowest BCUT2D eigenvalue weighted by Gasteiger charge is -2.25. The first-order valence-corrected chi connectivity index (χ1v) is 9.53. The number of rotatable bonds is 7. The van der Waals surface area contributed by atoms with Crippen molar-refractivity contribution >= 4 is 17.5 Å². The molecule has 1 atom stereocenters. The van der Waals surface area contributed by atoms with Crippen LogP contribution in [0.25, 0.3) is 0 Å². The van der Waals surface area contributed by atoms with E-state index >= 15 is 0 Å². The maximum Gasteiger partial charge on any atom is 0.267 e. The second kappa shape index (κ2) is 9.32. The number of carbonyl (C=O) groups is 2. The van der Waals surface area contributed by atoms with Crippen molar-refractivity contribution in [1.29, 1.82) is 0 Å².